The van der Waals surface area contributed by atoms with Gasteiger partial charge in [0.1, 0.15) is 17.7 Å². The van der Waals surface area contributed by atoms with Gasteiger partial charge in [-0.1, -0.05) is 18.2 Å². The van der Waals surface area contributed by atoms with Crippen LogP contribution < -0.4 is 21.9 Å². The van der Waals surface area contributed by atoms with Crippen LogP contribution in [-0.4, -0.2) is 20.9 Å². The van der Waals surface area contributed by atoms with E-state index in [-0.39, 0.29) is 17.2 Å². The summed E-state index contributed by atoms with van der Waals surface area (Å²) in [6.45, 7) is 4.05. The van der Waals surface area contributed by atoms with Crippen LogP contribution in [0.15, 0.2) is 48.9 Å². The van der Waals surface area contributed by atoms with E-state index in [1.165, 1.54) is 6.33 Å². The molecule has 26 heavy (non-hydrogen) atoms. The fourth-order valence-electron chi connectivity index (χ4n) is 2.29. The second-order valence-electron chi connectivity index (χ2n) is 5.65. The third kappa shape index (κ3) is 3.69. The fourth-order valence-corrected chi connectivity index (χ4v) is 2.29. The Labute approximate surface area is 150 Å². The Bertz CT molecular complexity index is 928. The highest BCUT2D eigenvalue weighted by Crippen LogP contribution is 2.27. The van der Waals surface area contributed by atoms with Crippen molar-refractivity contribution in [3.05, 3.63) is 65.7 Å². The molecule has 2 aromatic heterocycles. The molecule has 0 radical (unpaired) electrons. The number of hydrogen-bond acceptors (Lipinski definition) is 7. The summed E-state index contributed by atoms with van der Waals surface area (Å²) in [6, 6.07) is 11.0. The van der Waals surface area contributed by atoms with Crippen LogP contribution in [0.2, 0.25) is 0 Å². The lowest BCUT2D eigenvalue weighted by Crippen LogP contribution is -2.31. The molecule has 0 bridgehead atoms. The van der Waals surface area contributed by atoms with E-state index in [1.54, 1.807) is 24.4 Å². The van der Waals surface area contributed by atoms with Crippen LogP contribution in [0.3, 0.4) is 0 Å². The SMILES string of the molecule is Cc1cccc(Nc2ncnc(NNC(=O)c3ccccn3)c2N)c1C. The molecule has 0 aliphatic rings. The zero-order chi connectivity index (χ0) is 18.5. The van der Waals surface area contributed by atoms with E-state index in [1.807, 2.05) is 32.0 Å². The molecule has 0 fully saturated rings. The largest absolute Gasteiger partial charge is 0.393 e. The number of nitrogens with two attached hydrogens (primary N) is 1. The van der Waals surface area contributed by atoms with Crippen molar-refractivity contribution in [2.24, 2.45) is 0 Å². The highest BCUT2D eigenvalue weighted by atomic mass is 16.2. The van der Waals surface area contributed by atoms with E-state index in [4.69, 9.17) is 5.73 Å². The van der Waals surface area contributed by atoms with Crippen molar-refractivity contribution in [1.29, 1.82) is 0 Å². The van der Waals surface area contributed by atoms with Crippen molar-refractivity contribution in [1.82, 2.24) is 20.4 Å². The number of nitrogen functional groups attached to an aromatic ring is 1. The van der Waals surface area contributed by atoms with E-state index < -0.39 is 5.91 Å². The van der Waals surface area contributed by atoms with Gasteiger partial charge < -0.3 is 11.1 Å². The number of carbonyl (C=O) groups is 1. The standard InChI is InChI=1S/C18H19N7O/c1-11-6-5-8-13(12(11)2)23-16-15(19)17(22-10-21-16)24-25-18(26)14-7-3-4-9-20-14/h3-10H,19H2,1-2H3,(H,25,26)(H2,21,22,23,24). The maximum absolute atomic E-state index is 12.1. The first-order chi connectivity index (χ1) is 12.6. The first kappa shape index (κ1) is 17.2. The van der Waals surface area contributed by atoms with Gasteiger partial charge in [-0.15, -0.1) is 0 Å². The van der Waals surface area contributed by atoms with Gasteiger partial charge in [0.2, 0.25) is 0 Å². The van der Waals surface area contributed by atoms with E-state index in [0.717, 1.165) is 16.8 Å². The summed E-state index contributed by atoms with van der Waals surface area (Å²) in [5.74, 6) is 0.341. The molecule has 1 aromatic carbocycles. The van der Waals surface area contributed by atoms with Gasteiger partial charge in [0, 0.05) is 11.9 Å². The first-order valence-electron chi connectivity index (χ1n) is 7.97. The zero-order valence-corrected chi connectivity index (χ0v) is 14.4. The van der Waals surface area contributed by atoms with Gasteiger partial charge in [-0.3, -0.25) is 20.6 Å². The number of benzene rings is 1. The van der Waals surface area contributed by atoms with Crippen molar-refractivity contribution in [3.63, 3.8) is 0 Å². The molecular weight excluding hydrogens is 330 g/mol. The second-order valence-corrected chi connectivity index (χ2v) is 5.65. The van der Waals surface area contributed by atoms with Crippen molar-refractivity contribution in [2.75, 3.05) is 16.5 Å². The number of amides is 1. The molecule has 1 amide bonds. The lowest BCUT2D eigenvalue weighted by Gasteiger charge is -2.15. The summed E-state index contributed by atoms with van der Waals surface area (Å²) in [4.78, 5) is 24.3. The number of hydrogen-bond donors (Lipinski definition) is 4. The molecule has 8 heteroatoms. The van der Waals surface area contributed by atoms with Gasteiger partial charge in [-0.25, -0.2) is 9.97 Å². The van der Waals surface area contributed by atoms with Crippen molar-refractivity contribution < 1.29 is 4.79 Å². The number of anilines is 4. The normalized spacial score (nSPS) is 10.2. The van der Waals surface area contributed by atoms with Gasteiger partial charge in [0.25, 0.3) is 5.91 Å². The zero-order valence-electron chi connectivity index (χ0n) is 14.4. The van der Waals surface area contributed by atoms with Crippen LogP contribution in [0, 0.1) is 13.8 Å². The van der Waals surface area contributed by atoms with Gasteiger partial charge in [-0.2, -0.15) is 0 Å². The molecule has 0 aliphatic heterocycles. The highest BCUT2D eigenvalue weighted by molar-refractivity contribution is 5.93. The number of aromatic nitrogens is 3. The minimum Gasteiger partial charge on any atom is -0.393 e. The molecule has 3 rings (SSSR count). The molecular formula is C18H19N7O. The number of nitrogens with one attached hydrogen (secondary N) is 3. The molecule has 3 aromatic rings. The average Bonchev–Trinajstić information content (AvgIpc) is 2.66. The molecule has 0 spiro atoms. The lowest BCUT2D eigenvalue weighted by atomic mass is 10.1. The molecule has 0 unspecified atom stereocenters. The molecule has 8 nitrogen and oxygen atoms in total. The number of rotatable bonds is 5. The summed E-state index contributed by atoms with van der Waals surface area (Å²) in [5.41, 5.74) is 15.1. The van der Waals surface area contributed by atoms with Crippen LogP contribution in [0.25, 0.3) is 0 Å². The van der Waals surface area contributed by atoms with Gasteiger partial charge >= 0.3 is 0 Å². The topological polar surface area (TPSA) is 118 Å². The number of pyridine rings is 1. The summed E-state index contributed by atoms with van der Waals surface area (Å²) in [7, 11) is 0. The minimum absolute atomic E-state index is 0.279. The number of nitrogens with zero attached hydrogens (tertiary/aromatic N) is 3. The molecule has 0 aliphatic carbocycles. The van der Waals surface area contributed by atoms with Crippen molar-refractivity contribution in [3.8, 4) is 0 Å². The maximum atomic E-state index is 12.1. The van der Waals surface area contributed by atoms with Crippen molar-refractivity contribution in [2.45, 2.75) is 13.8 Å². The van der Waals surface area contributed by atoms with Crippen molar-refractivity contribution >= 4 is 28.9 Å². The molecule has 2 heterocycles. The molecule has 5 N–H and O–H groups in total. The summed E-state index contributed by atoms with van der Waals surface area (Å²) >= 11 is 0. The predicted molar refractivity (Wildman–Crippen MR) is 101 cm³/mol. The molecule has 132 valence electrons. The second kappa shape index (κ2) is 7.47. The predicted octanol–water partition coefficient (Wildman–Crippen LogP) is 2.57. The molecule has 0 saturated heterocycles. The first-order valence-corrected chi connectivity index (χ1v) is 7.97. The quantitative estimate of drug-likeness (QED) is 0.523. The Morgan fingerprint density at radius 2 is 1.81 bits per heavy atom. The lowest BCUT2D eigenvalue weighted by molar-refractivity contribution is 0.0957. The van der Waals surface area contributed by atoms with E-state index in [0.29, 0.717) is 5.82 Å². The minimum atomic E-state index is -0.396. The van der Waals surface area contributed by atoms with Crippen LogP contribution in [0.4, 0.5) is 23.0 Å². The van der Waals surface area contributed by atoms with Gasteiger partial charge in [-0.05, 0) is 43.2 Å². The number of aryl methyl sites for hydroxylation is 1. The average molecular weight is 349 g/mol. The summed E-state index contributed by atoms with van der Waals surface area (Å²) in [5, 5.41) is 3.20. The van der Waals surface area contributed by atoms with E-state index >= 15 is 0 Å². The van der Waals surface area contributed by atoms with Crippen LogP contribution in [0.1, 0.15) is 21.6 Å². The molecule has 0 atom stereocenters. The highest BCUT2D eigenvalue weighted by Gasteiger charge is 2.12. The van der Waals surface area contributed by atoms with Crippen LogP contribution in [-0.2, 0) is 0 Å². The Hall–Kier alpha value is -3.68. The summed E-state index contributed by atoms with van der Waals surface area (Å²) < 4.78 is 0. The van der Waals surface area contributed by atoms with Gasteiger partial charge in [0.15, 0.2) is 11.6 Å². The van der Waals surface area contributed by atoms with Crippen LogP contribution in [0.5, 0.6) is 0 Å². The Kier molecular flexibility index (Phi) is 4.93. The van der Waals surface area contributed by atoms with E-state index in [9.17, 15) is 4.79 Å². The van der Waals surface area contributed by atoms with Gasteiger partial charge in [0.05, 0.1) is 0 Å². The Morgan fingerprint density at radius 3 is 2.58 bits per heavy atom. The smallest absolute Gasteiger partial charge is 0.288 e. The van der Waals surface area contributed by atoms with Crippen LogP contribution >= 0.6 is 0 Å². The number of carbonyl (C=O) groups excluding carboxylic acids is 1. The fraction of sp³-hybridized carbons (Fsp3) is 0.111. The molecule has 0 saturated carbocycles. The Balaban J connectivity index is 1.75. The monoisotopic (exact) mass is 349 g/mol. The van der Waals surface area contributed by atoms with E-state index in [2.05, 4.69) is 31.1 Å². The third-order valence-electron chi connectivity index (χ3n) is 3.93. The maximum Gasteiger partial charge on any atom is 0.288 e. The Morgan fingerprint density at radius 1 is 1.00 bits per heavy atom. The third-order valence-corrected chi connectivity index (χ3v) is 3.93. The number of hydrazine groups is 1. The summed E-state index contributed by atoms with van der Waals surface area (Å²) in [6.07, 6.45) is 2.90.